The molecule has 2 rings (SSSR count). The van der Waals surface area contributed by atoms with Crippen LogP contribution < -0.4 is 0 Å². The molecule has 1 aromatic carbocycles. The van der Waals surface area contributed by atoms with E-state index in [0.29, 0.717) is 5.41 Å². The maximum atomic E-state index is 7.33. The normalized spacial score (nSPS) is 17.1. The Labute approximate surface area is 129 Å². The third-order valence-corrected chi connectivity index (χ3v) is 3.88. The Morgan fingerprint density at radius 2 is 1.60 bits per heavy atom. The van der Waals surface area contributed by atoms with E-state index in [1.165, 1.54) is 31.5 Å². The molecule has 1 saturated heterocycles. The van der Waals surface area contributed by atoms with Crippen molar-refractivity contribution in [1.82, 2.24) is 4.90 Å². The molecule has 0 amide bonds. The van der Waals surface area contributed by atoms with Crippen molar-refractivity contribution in [3.8, 4) is 0 Å². The molecule has 114 valence electrons. The summed E-state index contributed by atoms with van der Waals surface area (Å²) in [4.78, 5) is 2.40. The highest BCUT2D eigenvalue weighted by molar-refractivity contribution is 6.30. The van der Waals surface area contributed by atoms with E-state index in [1.807, 2.05) is 26.0 Å². The minimum Gasteiger partial charge on any atom is -0.516 e. The van der Waals surface area contributed by atoms with Gasteiger partial charge < -0.3 is 10.0 Å². The Morgan fingerprint density at radius 1 is 1.20 bits per heavy atom. The number of nitrogens with zero attached hydrogens (tertiary/aromatic N) is 1. The molecule has 1 aromatic rings. The Balaban J connectivity index is 0.000000641. The molecule has 0 radical (unpaired) electrons. The van der Waals surface area contributed by atoms with Crippen LogP contribution in [0.15, 0.2) is 37.1 Å². The maximum Gasteiger partial charge on any atom is 0.0719 e. The van der Waals surface area contributed by atoms with Gasteiger partial charge in [-0.25, -0.2) is 0 Å². The standard InChI is InChI=1S/C13H18ClN.C2H4O.C2H6/c1-13(7-9-15(2)10-8-13)11-3-5-12(14)6-4-11;1-2-3;1-2/h3-6H,7-10H2,1-2H3;2-3H,1H2;1-2H3. The highest BCUT2D eigenvalue weighted by Gasteiger charge is 2.30. The maximum absolute atomic E-state index is 7.33. The number of aliphatic hydroxyl groups is 1. The van der Waals surface area contributed by atoms with Gasteiger partial charge in [0.2, 0.25) is 0 Å². The summed E-state index contributed by atoms with van der Waals surface area (Å²) in [5.41, 5.74) is 1.77. The average molecular weight is 298 g/mol. The summed E-state index contributed by atoms with van der Waals surface area (Å²) in [5.74, 6) is 0. The number of hydrogen-bond donors (Lipinski definition) is 1. The van der Waals surface area contributed by atoms with Crippen molar-refractivity contribution in [2.24, 2.45) is 0 Å². The van der Waals surface area contributed by atoms with Gasteiger partial charge in [0.1, 0.15) is 0 Å². The molecule has 2 nitrogen and oxygen atoms in total. The zero-order valence-corrected chi connectivity index (χ0v) is 14.0. The fourth-order valence-corrected chi connectivity index (χ4v) is 2.38. The fraction of sp³-hybridized carbons (Fsp3) is 0.529. The topological polar surface area (TPSA) is 23.5 Å². The van der Waals surface area contributed by atoms with Crippen LogP contribution in [0.4, 0.5) is 0 Å². The number of rotatable bonds is 1. The van der Waals surface area contributed by atoms with Crippen molar-refractivity contribution < 1.29 is 5.11 Å². The van der Waals surface area contributed by atoms with Gasteiger partial charge in [-0.15, -0.1) is 0 Å². The molecular formula is C17H28ClNO. The molecule has 1 aliphatic heterocycles. The zero-order valence-electron chi connectivity index (χ0n) is 13.2. The van der Waals surface area contributed by atoms with Crippen LogP contribution in [0.1, 0.15) is 39.2 Å². The number of piperidine rings is 1. The molecule has 3 heteroatoms. The van der Waals surface area contributed by atoms with Crippen LogP contribution in [0.2, 0.25) is 5.02 Å². The van der Waals surface area contributed by atoms with E-state index in [-0.39, 0.29) is 0 Å². The highest BCUT2D eigenvalue weighted by Crippen LogP contribution is 2.34. The summed E-state index contributed by atoms with van der Waals surface area (Å²) in [6.45, 7) is 11.7. The van der Waals surface area contributed by atoms with Crippen LogP contribution in [0.25, 0.3) is 0 Å². The summed E-state index contributed by atoms with van der Waals surface area (Å²) < 4.78 is 0. The number of halogens is 1. The van der Waals surface area contributed by atoms with Gasteiger partial charge in [0.15, 0.2) is 0 Å². The first-order valence-corrected chi connectivity index (χ1v) is 7.59. The van der Waals surface area contributed by atoms with Gasteiger partial charge in [0.05, 0.1) is 6.26 Å². The second-order valence-corrected chi connectivity index (χ2v) is 5.49. The summed E-state index contributed by atoms with van der Waals surface area (Å²) >= 11 is 5.91. The van der Waals surface area contributed by atoms with Crippen LogP contribution in [-0.2, 0) is 5.41 Å². The van der Waals surface area contributed by atoms with Crippen molar-refractivity contribution in [2.75, 3.05) is 20.1 Å². The molecule has 0 aromatic heterocycles. The SMILES string of the molecule is C=CO.CC.CN1CCC(C)(c2ccc(Cl)cc2)CC1. The lowest BCUT2D eigenvalue weighted by atomic mass is 9.75. The Kier molecular flexibility index (Phi) is 9.35. The van der Waals surface area contributed by atoms with E-state index in [9.17, 15) is 0 Å². The minimum absolute atomic E-state index is 0.344. The van der Waals surface area contributed by atoms with Crippen molar-refractivity contribution >= 4 is 11.6 Å². The molecule has 1 fully saturated rings. The first kappa shape index (κ1) is 19.0. The minimum atomic E-state index is 0.344. The van der Waals surface area contributed by atoms with E-state index >= 15 is 0 Å². The third-order valence-electron chi connectivity index (χ3n) is 3.63. The highest BCUT2D eigenvalue weighted by atomic mass is 35.5. The molecule has 0 spiro atoms. The van der Waals surface area contributed by atoms with E-state index in [2.05, 4.69) is 37.6 Å². The Morgan fingerprint density at radius 3 is 2.00 bits per heavy atom. The second-order valence-electron chi connectivity index (χ2n) is 5.05. The van der Waals surface area contributed by atoms with Crippen molar-refractivity contribution in [3.63, 3.8) is 0 Å². The van der Waals surface area contributed by atoms with Crippen LogP contribution in [0, 0.1) is 0 Å². The molecule has 1 aliphatic rings. The van der Waals surface area contributed by atoms with E-state index < -0.39 is 0 Å². The number of hydrogen-bond acceptors (Lipinski definition) is 2. The van der Waals surface area contributed by atoms with Crippen molar-refractivity contribution in [3.05, 3.63) is 47.7 Å². The second kappa shape index (κ2) is 9.84. The molecule has 1 N–H and O–H groups in total. The molecular weight excluding hydrogens is 270 g/mol. The van der Waals surface area contributed by atoms with Crippen molar-refractivity contribution in [1.29, 1.82) is 0 Å². The molecule has 0 bridgehead atoms. The lowest BCUT2D eigenvalue weighted by Gasteiger charge is -2.38. The largest absolute Gasteiger partial charge is 0.516 e. The quantitative estimate of drug-likeness (QED) is 0.734. The van der Waals surface area contributed by atoms with Crippen LogP contribution in [0.5, 0.6) is 0 Å². The Hall–Kier alpha value is -0.990. The van der Waals surface area contributed by atoms with Gasteiger partial charge in [-0.3, -0.25) is 0 Å². The third kappa shape index (κ3) is 5.98. The molecule has 20 heavy (non-hydrogen) atoms. The van der Waals surface area contributed by atoms with Crippen LogP contribution in [0.3, 0.4) is 0 Å². The molecule has 0 aliphatic carbocycles. The van der Waals surface area contributed by atoms with E-state index in [0.717, 1.165) is 11.3 Å². The van der Waals surface area contributed by atoms with Crippen LogP contribution >= 0.6 is 11.6 Å². The van der Waals surface area contributed by atoms with E-state index in [1.54, 1.807) is 0 Å². The van der Waals surface area contributed by atoms with Crippen molar-refractivity contribution in [2.45, 2.75) is 39.0 Å². The number of aliphatic hydroxyl groups excluding tert-OH is 1. The molecule has 0 saturated carbocycles. The predicted molar refractivity (Wildman–Crippen MR) is 89.7 cm³/mol. The zero-order chi connectivity index (χ0) is 15.6. The number of benzene rings is 1. The summed E-state index contributed by atoms with van der Waals surface area (Å²) in [7, 11) is 2.20. The molecule has 1 heterocycles. The molecule has 0 unspecified atom stereocenters. The first-order valence-electron chi connectivity index (χ1n) is 7.21. The summed E-state index contributed by atoms with van der Waals surface area (Å²) in [5, 5.41) is 8.16. The van der Waals surface area contributed by atoms with Crippen LogP contribution in [-0.4, -0.2) is 30.1 Å². The smallest absolute Gasteiger partial charge is 0.0719 e. The monoisotopic (exact) mass is 297 g/mol. The molecule has 0 atom stereocenters. The van der Waals surface area contributed by atoms with Gasteiger partial charge in [-0.1, -0.05) is 51.1 Å². The van der Waals surface area contributed by atoms with Gasteiger partial charge in [-0.2, -0.15) is 0 Å². The summed E-state index contributed by atoms with van der Waals surface area (Å²) in [6.07, 6.45) is 3.23. The van der Waals surface area contributed by atoms with Gasteiger partial charge in [0.25, 0.3) is 0 Å². The van der Waals surface area contributed by atoms with Gasteiger partial charge in [0, 0.05) is 5.02 Å². The lowest BCUT2D eigenvalue weighted by molar-refractivity contribution is 0.200. The summed E-state index contributed by atoms with van der Waals surface area (Å²) in [6, 6.07) is 8.35. The predicted octanol–water partition coefficient (Wildman–Crippen LogP) is 5.04. The Bertz CT molecular complexity index is 367. The lowest BCUT2D eigenvalue weighted by Crippen LogP contribution is -2.38. The fourth-order valence-electron chi connectivity index (χ4n) is 2.25. The van der Waals surface area contributed by atoms with E-state index in [4.69, 9.17) is 16.7 Å². The number of likely N-dealkylation sites (tertiary alicyclic amines) is 1. The average Bonchev–Trinajstić information content (AvgIpc) is 2.46. The van der Waals surface area contributed by atoms with Gasteiger partial charge >= 0.3 is 0 Å². The van der Waals surface area contributed by atoms with Gasteiger partial charge in [-0.05, 0) is 56.1 Å². The first-order chi connectivity index (χ1) is 9.51.